The van der Waals surface area contributed by atoms with Gasteiger partial charge < -0.3 is 10.6 Å². The van der Waals surface area contributed by atoms with Gasteiger partial charge in [0.25, 0.3) is 0 Å². The van der Waals surface area contributed by atoms with Gasteiger partial charge in [-0.3, -0.25) is 0 Å². The molecule has 0 aliphatic heterocycles. The van der Waals surface area contributed by atoms with E-state index in [9.17, 15) is 0 Å². The summed E-state index contributed by atoms with van der Waals surface area (Å²) in [6.45, 7) is 8.15. The van der Waals surface area contributed by atoms with Gasteiger partial charge >= 0.3 is 0 Å². The van der Waals surface area contributed by atoms with Crippen molar-refractivity contribution >= 4 is 5.69 Å². The van der Waals surface area contributed by atoms with Crippen LogP contribution in [0.5, 0.6) is 0 Å². The van der Waals surface area contributed by atoms with E-state index in [1.54, 1.807) is 0 Å². The third-order valence-corrected chi connectivity index (χ3v) is 3.49. The average molecular weight is 230 g/mol. The van der Waals surface area contributed by atoms with E-state index in [0.29, 0.717) is 5.41 Å². The van der Waals surface area contributed by atoms with Crippen LogP contribution in [0, 0.1) is 0 Å². The van der Waals surface area contributed by atoms with E-state index in [4.69, 9.17) is 5.73 Å². The van der Waals surface area contributed by atoms with Crippen LogP contribution < -0.4 is 5.73 Å². The highest BCUT2D eigenvalue weighted by atomic mass is 15.1. The first kappa shape index (κ1) is 12.2. The summed E-state index contributed by atoms with van der Waals surface area (Å²) < 4.78 is 0. The fourth-order valence-electron chi connectivity index (χ4n) is 2.56. The Morgan fingerprint density at radius 2 is 1.94 bits per heavy atom. The Bertz CT molecular complexity index is 401. The van der Waals surface area contributed by atoms with Crippen LogP contribution in [0.1, 0.15) is 25.3 Å². The minimum atomic E-state index is 0.373. The number of nitrogens with two attached hydrogens (primary N) is 1. The van der Waals surface area contributed by atoms with Gasteiger partial charge in [-0.05, 0) is 44.5 Å². The van der Waals surface area contributed by atoms with E-state index < -0.39 is 0 Å². The summed E-state index contributed by atoms with van der Waals surface area (Å²) >= 11 is 0. The van der Waals surface area contributed by atoms with Crippen molar-refractivity contribution in [3.05, 3.63) is 42.0 Å². The van der Waals surface area contributed by atoms with Gasteiger partial charge in [0.1, 0.15) is 0 Å². The zero-order chi connectivity index (χ0) is 12.5. The second kappa shape index (κ2) is 4.53. The zero-order valence-electron chi connectivity index (χ0n) is 10.9. The van der Waals surface area contributed by atoms with Gasteiger partial charge in [0.15, 0.2) is 0 Å². The first-order chi connectivity index (χ1) is 8.02. The second-order valence-corrected chi connectivity index (χ2v) is 5.53. The molecule has 1 aliphatic carbocycles. The quantitative estimate of drug-likeness (QED) is 0.622. The van der Waals surface area contributed by atoms with Crippen LogP contribution in [-0.2, 0) is 5.41 Å². The highest BCUT2D eigenvalue weighted by Gasteiger charge is 2.44. The summed E-state index contributed by atoms with van der Waals surface area (Å²) in [4.78, 5) is 2.37. The third kappa shape index (κ3) is 2.89. The number of nitrogens with zero attached hydrogens (tertiary/aromatic N) is 1. The van der Waals surface area contributed by atoms with Crippen LogP contribution in [0.2, 0.25) is 0 Å². The van der Waals surface area contributed by atoms with E-state index in [1.807, 2.05) is 12.1 Å². The lowest BCUT2D eigenvalue weighted by Crippen LogP contribution is -2.30. The monoisotopic (exact) mass is 230 g/mol. The molecule has 92 valence electrons. The predicted molar refractivity (Wildman–Crippen MR) is 74.1 cm³/mol. The van der Waals surface area contributed by atoms with Gasteiger partial charge in [-0.2, -0.15) is 0 Å². The minimum absolute atomic E-state index is 0.373. The Labute approximate surface area is 104 Å². The Morgan fingerprint density at radius 1 is 1.35 bits per heavy atom. The van der Waals surface area contributed by atoms with Crippen LogP contribution >= 0.6 is 0 Å². The number of hydrogen-bond acceptors (Lipinski definition) is 2. The molecule has 1 aliphatic rings. The van der Waals surface area contributed by atoms with Gasteiger partial charge in [-0.15, -0.1) is 0 Å². The number of hydrogen-bond donors (Lipinski definition) is 1. The van der Waals surface area contributed by atoms with Crippen LogP contribution in [0.15, 0.2) is 36.4 Å². The molecule has 17 heavy (non-hydrogen) atoms. The summed E-state index contributed by atoms with van der Waals surface area (Å²) in [6.07, 6.45) is 2.58. The molecule has 0 unspecified atom stereocenters. The summed E-state index contributed by atoms with van der Waals surface area (Å²) in [5, 5.41) is 0. The molecular weight excluding hydrogens is 208 g/mol. The normalized spacial score (nSPS) is 17.1. The fourth-order valence-corrected chi connectivity index (χ4v) is 2.56. The topological polar surface area (TPSA) is 29.3 Å². The highest BCUT2D eigenvalue weighted by Crippen LogP contribution is 2.48. The smallest absolute Gasteiger partial charge is 0.0314 e. The molecule has 1 fully saturated rings. The molecule has 2 N–H and O–H groups in total. The molecular formula is C15H22N2. The average Bonchev–Trinajstić information content (AvgIpc) is 2.98. The number of benzene rings is 1. The van der Waals surface area contributed by atoms with Crippen molar-refractivity contribution in [2.45, 2.75) is 25.2 Å². The number of nitrogen functional groups attached to an aromatic ring is 1. The second-order valence-electron chi connectivity index (χ2n) is 5.53. The number of likely N-dealkylation sites (N-methyl/N-ethyl adjacent to an activating group) is 1. The van der Waals surface area contributed by atoms with Gasteiger partial charge in [0, 0.05) is 24.2 Å². The highest BCUT2D eigenvalue weighted by molar-refractivity contribution is 5.43. The predicted octanol–water partition coefficient (Wildman–Crippen LogP) is 2.81. The Kier molecular flexibility index (Phi) is 3.25. The first-order valence-electron chi connectivity index (χ1n) is 6.21. The van der Waals surface area contributed by atoms with Gasteiger partial charge in [0.05, 0.1) is 0 Å². The van der Waals surface area contributed by atoms with Crippen molar-refractivity contribution < 1.29 is 0 Å². The molecule has 1 saturated carbocycles. The van der Waals surface area contributed by atoms with E-state index in [1.165, 1.54) is 24.0 Å². The van der Waals surface area contributed by atoms with E-state index in [-0.39, 0.29) is 0 Å². The maximum absolute atomic E-state index is 5.74. The molecule has 1 aromatic carbocycles. The largest absolute Gasteiger partial charge is 0.399 e. The lowest BCUT2D eigenvalue weighted by Gasteiger charge is -2.24. The van der Waals surface area contributed by atoms with Gasteiger partial charge in [-0.1, -0.05) is 24.3 Å². The zero-order valence-corrected chi connectivity index (χ0v) is 10.9. The van der Waals surface area contributed by atoms with Gasteiger partial charge in [-0.25, -0.2) is 0 Å². The molecule has 0 saturated heterocycles. The van der Waals surface area contributed by atoms with Crippen molar-refractivity contribution in [1.29, 1.82) is 0 Å². The van der Waals surface area contributed by atoms with Crippen LogP contribution in [0.25, 0.3) is 0 Å². The SMILES string of the molecule is C=C(C)CN(C)CC1(c2ccc(N)cc2)CC1. The van der Waals surface area contributed by atoms with E-state index >= 15 is 0 Å². The molecule has 1 aromatic rings. The molecule has 0 aromatic heterocycles. The fraction of sp³-hybridized carbons (Fsp3) is 0.467. The van der Waals surface area contributed by atoms with Crippen LogP contribution in [0.3, 0.4) is 0 Å². The molecule has 0 heterocycles. The van der Waals surface area contributed by atoms with E-state index in [2.05, 4.69) is 37.6 Å². The molecule has 2 nitrogen and oxygen atoms in total. The summed E-state index contributed by atoms with van der Waals surface area (Å²) in [5.74, 6) is 0. The molecule has 2 rings (SSSR count). The Balaban J connectivity index is 2.04. The van der Waals surface area contributed by atoms with Crippen molar-refractivity contribution in [3.8, 4) is 0 Å². The van der Waals surface area contributed by atoms with Crippen molar-refractivity contribution in [1.82, 2.24) is 4.90 Å². The molecule has 0 bridgehead atoms. The van der Waals surface area contributed by atoms with Gasteiger partial charge in [0.2, 0.25) is 0 Å². The maximum Gasteiger partial charge on any atom is 0.0314 e. The van der Waals surface area contributed by atoms with Crippen LogP contribution in [0.4, 0.5) is 5.69 Å². The summed E-state index contributed by atoms with van der Waals surface area (Å²) in [6, 6.07) is 8.37. The van der Waals surface area contributed by atoms with Crippen molar-refractivity contribution in [3.63, 3.8) is 0 Å². The summed E-state index contributed by atoms with van der Waals surface area (Å²) in [7, 11) is 2.17. The van der Waals surface area contributed by atoms with Crippen molar-refractivity contribution in [2.24, 2.45) is 0 Å². The number of rotatable bonds is 5. The molecule has 0 atom stereocenters. The Hall–Kier alpha value is -1.28. The van der Waals surface area contributed by atoms with Crippen molar-refractivity contribution in [2.75, 3.05) is 25.9 Å². The lowest BCUT2D eigenvalue weighted by atomic mass is 9.95. The molecule has 0 radical (unpaired) electrons. The summed E-state index contributed by atoms with van der Waals surface area (Å²) in [5.41, 5.74) is 9.61. The maximum atomic E-state index is 5.74. The molecule has 0 amide bonds. The standard InChI is InChI=1S/C15H22N2/c1-12(2)10-17(3)11-15(8-9-15)13-4-6-14(16)7-5-13/h4-7H,1,8-11,16H2,2-3H3. The molecule has 0 spiro atoms. The van der Waals surface area contributed by atoms with Crippen LogP contribution in [-0.4, -0.2) is 25.0 Å². The third-order valence-electron chi connectivity index (χ3n) is 3.49. The lowest BCUT2D eigenvalue weighted by molar-refractivity contribution is 0.325. The first-order valence-corrected chi connectivity index (χ1v) is 6.21. The minimum Gasteiger partial charge on any atom is -0.399 e. The number of anilines is 1. The molecule has 2 heteroatoms. The Morgan fingerprint density at radius 3 is 2.41 bits per heavy atom. The van der Waals surface area contributed by atoms with E-state index in [0.717, 1.165) is 18.8 Å².